The summed E-state index contributed by atoms with van der Waals surface area (Å²) in [6, 6.07) is 24.9. The minimum absolute atomic E-state index is 0. The molecule has 0 atom stereocenters. The maximum absolute atomic E-state index is 10.0. The van der Waals surface area contributed by atoms with E-state index in [1.165, 1.54) is 50.9 Å². The summed E-state index contributed by atoms with van der Waals surface area (Å²) in [5.41, 5.74) is 3.28. The van der Waals surface area contributed by atoms with Gasteiger partial charge in [0.25, 0.3) is 0 Å². The van der Waals surface area contributed by atoms with Gasteiger partial charge in [0.15, 0.2) is 5.78 Å². The number of nitrogens with zero attached hydrogens (tertiary/aromatic N) is 1. The van der Waals surface area contributed by atoms with Crippen molar-refractivity contribution in [2.75, 3.05) is 0 Å². The molecule has 0 saturated carbocycles. The van der Waals surface area contributed by atoms with Gasteiger partial charge in [-0.25, -0.2) is 0 Å². The Bertz CT molecular complexity index is 1440. The predicted octanol–water partition coefficient (Wildman–Crippen LogP) is 7.41. The smallest absolute Gasteiger partial charge is 0.155 e. The van der Waals surface area contributed by atoms with E-state index in [1.54, 1.807) is 0 Å². The Labute approximate surface area is 204 Å². The van der Waals surface area contributed by atoms with E-state index in [4.69, 9.17) is 10.1 Å². The molecule has 0 fully saturated rings. The molecule has 2 aromatic heterocycles. The Morgan fingerprint density at radius 3 is 2.38 bits per heavy atom. The van der Waals surface area contributed by atoms with Gasteiger partial charge in [0.2, 0.25) is 0 Å². The van der Waals surface area contributed by atoms with Crippen molar-refractivity contribution in [1.82, 2.24) is 4.98 Å². The van der Waals surface area contributed by atoms with E-state index in [9.17, 15) is 4.79 Å². The Balaban J connectivity index is 0.000000318. The SMILES string of the molecule is CC(=O)/C=C(/C)O.Cc1[c-]c(-c2nccc3ccccc23)c2sc3ccccc3c2c1.[Ir]. The number of aliphatic hydroxyl groups is 1. The number of fused-ring (bicyclic) bond motifs is 4. The van der Waals surface area contributed by atoms with Gasteiger partial charge in [0, 0.05) is 37.1 Å². The van der Waals surface area contributed by atoms with E-state index in [-0.39, 0.29) is 31.6 Å². The standard InChI is InChI=1S/C22H14NS.C5H8O2.Ir/c1-14-12-18-17-8-4-5-9-20(17)24-22(18)19(13-14)21-16-7-3-2-6-15(16)10-11-23-21;1-4(6)3-5(2)7;/h2-12H,1H3;3,6H,1-2H3;/q-1;;/b;4-3-;. The van der Waals surface area contributed by atoms with Crippen molar-refractivity contribution in [3.63, 3.8) is 0 Å². The molecule has 1 N–H and O–H groups in total. The quantitative estimate of drug-likeness (QED) is 0.128. The first kappa shape index (κ1) is 23.8. The molecule has 0 unspecified atom stereocenters. The third-order valence-corrected chi connectivity index (χ3v) is 6.07. The molecule has 0 aliphatic heterocycles. The van der Waals surface area contributed by atoms with Crippen molar-refractivity contribution >= 4 is 48.1 Å². The van der Waals surface area contributed by atoms with Gasteiger partial charge in [-0.3, -0.25) is 4.79 Å². The number of rotatable bonds is 2. The largest absolute Gasteiger partial charge is 0.512 e. The van der Waals surface area contributed by atoms with Crippen molar-refractivity contribution in [1.29, 1.82) is 0 Å². The Kier molecular flexibility index (Phi) is 7.57. The molecule has 0 amide bonds. The Morgan fingerprint density at radius 1 is 1.00 bits per heavy atom. The first-order chi connectivity index (χ1) is 14.9. The molecule has 3 nitrogen and oxygen atoms in total. The van der Waals surface area contributed by atoms with Crippen LogP contribution in [0.25, 0.3) is 42.2 Å². The van der Waals surface area contributed by atoms with E-state index >= 15 is 0 Å². The molecule has 0 bridgehead atoms. The van der Waals surface area contributed by atoms with Gasteiger partial charge in [-0.05, 0) is 52.5 Å². The fourth-order valence-corrected chi connectivity index (χ4v) is 4.86. The van der Waals surface area contributed by atoms with Crippen LogP contribution in [0.3, 0.4) is 0 Å². The molecule has 5 heteroatoms. The molecule has 5 aromatic rings. The zero-order valence-corrected chi connectivity index (χ0v) is 21.2. The van der Waals surface area contributed by atoms with Crippen LogP contribution >= 0.6 is 11.3 Å². The summed E-state index contributed by atoms with van der Waals surface area (Å²) in [7, 11) is 0. The normalized spacial score (nSPS) is 11.2. The number of carbonyl (C=O) groups excluding carboxylic acids is 1. The fraction of sp³-hybridized carbons (Fsp3) is 0.111. The summed E-state index contributed by atoms with van der Waals surface area (Å²) in [4.78, 5) is 14.7. The van der Waals surface area contributed by atoms with Gasteiger partial charge in [0.1, 0.15) is 0 Å². The second-order valence-electron chi connectivity index (χ2n) is 7.45. The molecule has 0 spiro atoms. The molecule has 5 rings (SSSR count). The van der Waals surface area contributed by atoms with Crippen molar-refractivity contribution in [2.24, 2.45) is 0 Å². The first-order valence-electron chi connectivity index (χ1n) is 10.00. The van der Waals surface area contributed by atoms with Gasteiger partial charge in [-0.2, -0.15) is 11.3 Å². The third-order valence-electron chi connectivity index (χ3n) is 4.87. The van der Waals surface area contributed by atoms with Crippen LogP contribution in [-0.2, 0) is 24.9 Å². The summed E-state index contributed by atoms with van der Waals surface area (Å²) in [5, 5.41) is 13.4. The monoisotopic (exact) mass is 617 g/mol. The van der Waals surface area contributed by atoms with Gasteiger partial charge in [0.05, 0.1) is 5.76 Å². The predicted molar refractivity (Wildman–Crippen MR) is 131 cm³/mol. The topological polar surface area (TPSA) is 50.2 Å². The number of aliphatic hydroxyl groups excluding tert-OH is 1. The van der Waals surface area contributed by atoms with Crippen LogP contribution in [0.5, 0.6) is 0 Å². The molecule has 0 aliphatic carbocycles. The van der Waals surface area contributed by atoms with E-state index in [0.29, 0.717) is 0 Å². The van der Waals surface area contributed by atoms with Crippen molar-refractivity contribution < 1.29 is 30.0 Å². The Hall–Kier alpha value is -2.85. The number of carbonyl (C=O) groups is 1. The van der Waals surface area contributed by atoms with Crippen LogP contribution in [0.2, 0.25) is 0 Å². The van der Waals surface area contributed by atoms with Gasteiger partial charge >= 0.3 is 0 Å². The second-order valence-corrected chi connectivity index (χ2v) is 8.50. The number of thiophene rings is 1. The Morgan fingerprint density at radius 2 is 1.69 bits per heavy atom. The van der Waals surface area contributed by atoms with E-state index in [2.05, 4.69) is 73.7 Å². The summed E-state index contributed by atoms with van der Waals surface area (Å²) < 4.78 is 2.58. The zero-order chi connectivity index (χ0) is 22.0. The third kappa shape index (κ3) is 4.96. The number of hydrogen-bond acceptors (Lipinski definition) is 4. The summed E-state index contributed by atoms with van der Waals surface area (Å²) >= 11 is 1.83. The first-order valence-corrected chi connectivity index (χ1v) is 10.8. The van der Waals surface area contributed by atoms with Crippen LogP contribution in [0.1, 0.15) is 19.4 Å². The fourth-order valence-electron chi connectivity index (χ4n) is 3.68. The maximum Gasteiger partial charge on any atom is 0.155 e. The van der Waals surface area contributed by atoms with Crippen LogP contribution < -0.4 is 0 Å². The van der Waals surface area contributed by atoms with Crippen molar-refractivity contribution in [2.45, 2.75) is 20.8 Å². The van der Waals surface area contributed by atoms with Crippen LogP contribution in [0.15, 0.2) is 78.7 Å². The van der Waals surface area contributed by atoms with Crippen LogP contribution in [0, 0.1) is 13.0 Å². The van der Waals surface area contributed by atoms with Crippen molar-refractivity contribution in [3.8, 4) is 11.3 Å². The van der Waals surface area contributed by atoms with Gasteiger partial charge in [-0.1, -0.05) is 54.8 Å². The molecule has 32 heavy (non-hydrogen) atoms. The molecule has 1 radical (unpaired) electrons. The summed E-state index contributed by atoms with van der Waals surface area (Å²) in [5.74, 6) is -0.0625. The average Bonchev–Trinajstić information content (AvgIpc) is 3.11. The maximum atomic E-state index is 10.0. The number of aryl methyl sites for hydroxylation is 1. The molecule has 2 heterocycles. The van der Waals surface area contributed by atoms with Gasteiger partial charge < -0.3 is 10.1 Å². The van der Waals surface area contributed by atoms with Gasteiger partial charge in [-0.15, -0.1) is 23.3 Å². The molecular formula is C27H22IrNO2S-. The molecule has 163 valence electrons. The number of aromatic nitrogens is 1. The number of benzene rings is 3. The minimum Gasteiger partial charge on any atom is -0.512 e. The van der Waals surface area contributed by atoms with Crippen LogP contribution in [-0.4, -0.2) is 15.9 Å². The zero-order valence-electron chi connectivity index (χ0n) is 18.0. The second kappa shape index (κ2) is 10.2. The van der Waals surface area contributed by atoms with E-state index in [0.717, 1.165) is 16.8 Å². The van der Waals surface area contributed by atoms with Crippen molar-refractivity contribution in [3.05, 3.63) is 90.3 Å². The molecular weight excluding hydrogens is 595 g/mol. The summed E-state index contributed by atoms with van der Waals surface area (Å²) in [6.45, 7) is 4.96. The van der Waals surface area contributed by atoms with Crippen LogP contribution in [0.4, 0.5) is 0 Å². The molecule has 3 aromatic carbocycles. The minimum atomic E-state index is -0.125. The van der Waals surface area contributed by atoms with E-state index in [1.807, 2.05) is 17.5 Å². The molecule has 0 saturated heterocycles. The average molecular weight is 617 g/mol. The number of allylic oxidation sites excluding steroid dienone is 2. The van der Waals surface area contributed by atoms with E-state index < -0.39 is 0 Å². The summed E-state index contributed by atoms with van der Waals surface area (Å²) in [6.07, 6.45) is 3.06. The number of ketones is 1. The number of hydrogen-bond donors (Lipinski definition) is 1. The number of pyridine rings is 1. The molecule has 0 aliphatic rings.